The Hall–Kier alpha value is -3.01. The number of aliphatic hydroxyl groups excluding tert-OH is 1. The number of ether oxygens (including phenoxy) is 2. The number of carbonyl (C=O) groups excluding carboxylic acids is 1. The van der Waals surface area contributed by atoms with Crippen LogP contribution in [0.5, 0.6) is 0 Å². The fraction of sp³-hybridized carbons (Fsp3) is 0.519. The van der Waals surface area contributed by atoms with E-state index in [2.05, 4.69) is 5.32 Å². The summed E-state index contributed by atoms with van der Waals surface area (Å²) in [5, 5.41) is 13.0. The first-order valence-corrected chi connectivity index (χ1v) is 12.6. The van der Waals surface area contributed by atoms with E-state index in [9.17, 15) is 14.7 Å². The number of esters is 1. The number of pyridine rings is 1. The van der Waals surface area contributed by atoms with Gasteiger partial charge in [-0.15, -0.1) is 0 Å². The molecule has 0 radical (unpaired) electrons. The van der Waals surface area contributed by atoms with Crippen molar-refractivity contribution in [3.8, 4) is 11.4 Å². The second-order valence-electron chi connectivity index (χ2n) is 9.60. The minimum atomic E-state index is -0.581. The number of imidazole rings is 1. The van der Waals surface area contributed by atoms with Crippen LogP contribution in [0.15, 0.2) is 35.3 Å². The van der Waals surface area contributed by atoms with Crippen LogP contribution in [0.1, 0.15) is 43.7 Å². The van der Waals surface area contributed by atoms with Crippen LogP contribution in [-0.2, 0) is 34.4 Å². The summed E-state index contributed by atoms with van der Waals surface area (Å²) >= 11 is 0. The Morgan fingerprint density at radius 2 is 2.03 bits per heavy atom. The van der Waals surface area contributed by atoms with Crippen molar-refractivity contribution in [1.82, 2.24) is 19.4 Å². The standard InChI is InChI=1S/C27H36N4O5/c1-17-13-20(16-30(3)26(17)33)25-29-22-14-19(9-10-23(22)31(25)11-12-32)15-28-24(18(2)35-4)27(34)36-21-7-5-6-8-21/h9-10,13-14,16,18,21,24,28,32H,5-8,11-12,15H2,1-4H3. The third-order valence-electron chi connectivity index (χ3n) is 6.96. The van der Waals surface area contributed by atoms with Crippen molar-refractivity contribution < 1.29 is 19.4 Å². The number of benzene rings is 1. The smallest absolute Gasteiger partial charge is 0.326 e. The molecule has 0 bridgehead atoms. The van der Waals surface area contributed by atoms with Crippen molar-refractivity contribution in [3.05, 3.63) is 51.9 Å². The van der Waals surface area contributed by atoms with Crippen molar-refractivity contribution in [1.29, 1.82) is 0 Å². The minimum Gasteiger partial charge on any atom is -0.461 e. The van der Waals surface area contributed by atoms with Crippen LogP contribution >= 0.6 is 0 Å². The summed E-state index contributed by atoms with van der Waals surface area (Å²) in [6.07, 6.45) is 5.46. The van der Waals surface area contributed by atoms with Gasteiger partial charge in [0.25, 0.3) is 5.56 Å². The third kappa shape index (κ3) is 5.53. The van der Waals surface area contributed by atoms with E-state index >= 15 is 0 Å². The van der Waals surface area contributed by atoms with Crippen LogP contribution < -0.4 is 10.9 Å². The van der Waals surface area contributed by atoms with Crippen molar-refractivity contribution in [2.24, 2.45) is 7.05 Å². The summed E-state index contributed by atoms with van der Waals surface area (Å²) in [6.45, 7) is 4.42. The molecular formula is C27H36N4O5. The number of nitrogens with zero attached hydrogens (tertiary/aromatic N) is 3. The maximum absolute atomic E-state index is 12.9. The molecule has 1 aliphatic rings. The summed E-state index contributed by atoms with van der Waals surface area (Å²) in [5.41, 5.74) is 4.00. The summed E-state index contributed by atoms with van der Waals surface area (Å²) in [5.74, 6) is 0.408. The summed E-state index contributed by atoms with van der Waals surface area (Å²) in [6, 6.07) is 7.18. The molecule has 4 rings (SSSR count). The zero-order chi connectivity index (χ0) is 25.8. The zero-order valence-electron chi connectivity index (χ0n) is 21.5. The number of aliphatic hydroxyl groups is 1. The topological polar surface area (TPSA) is 108 Å². The molecule has 2 atom stereocenters. The number of fused-ring (bicyclic) bond motifs is 1. The van der Waals surface area contributed by atoms with Crippen LogP contribution in [0.4, 0.5) is 0 Å². The van der Waals surface area contributed by atoms with Gasteiger partial charge in [0.05, 0.1) is 23.7 Å². The van der Waals surface area contributed by atoms with E-state index in [1.165, 1.54) is 0 Å². The molecular weight excluding hydrogens is 460 g/mol. The number of aryl methyl sites for hydroxylation is 2. The monoisotopic (exact) mass is 496 g/mol. The summed E-state index contributed by atoms with van der Waals surface area (Å²) in [4.78, 5) is 29.9. The number of aromatic nitrogens is 3. The molecule has 0 spiro atoms. The van der Waals surface area contributed by atoms with Gasteiger partial charge < -0.3 is 23.7 Å². The Balaban J connectivity index is 1.59. The lowest BCUT2D eigenvalue weighted by Gasteiger charge is -2.24. The highest BCUT2D eigenvalue weighted by Crippen LogP contribution is 2.26. The van der Waals surface area contributed by atoms with E-state index < -0.39 is 6.04 Å². The van der Waals surface area contributed by atoms with Crippen LogP contribution in [0, 0.1) is 6.92 Å². The van der Waals surface area contributed by atoms with Gasteiger partial charge >= 0.3 is 5.97 Å². The highest BCUT2D eigenvalue weighted by Gasteiger charge is 2.29. The number of hydrogen-bond donors (Lipinski definition) is 2. The molecule has 2 heterocycles. The van der Waals surface area contributed by atoms with E-state index in [1.807, 2.05) is 35.8 Å². The van der Waals surface area contributed by atoms with Gasteiger partial charge in [0, 0.05) is 44.6 Å². The molecule has 36 heavy (non-hydrogen) atoms. The first-order valence-electron chi connectivity index (χ1n) is 12.6. The van der Waals surface area contributed by atoms with E-state index in [0.29, 0.717) is 24.5 Å². The fourth-order valence-corrected chi connectivity index (χ4v) is 4.88. The normalized spacial score (nSPS) is 15.9. The summed E-state index contributed by atoms with van der Waals surface area (Å²) in [7, 11) is 3.31. The Kier molecular flexibility index (Phi) is 8.23. The van der Waals surface area contributed by atoms with Crippen molar-refractivity contribution in [3.63, 3.8) is 0 Å². The molecule has 1 saturated carbocycles. The highest BCUT2D eigenvalue weighted by molar-refractivity contribution is 5.81. The van der Waals surface area contributed by atoms with Gasteiger partial charge in [0.2, 0.25) is 0 Å². The quantitative estimate of drug-likeness (QED) is 0.416. The largest absolute Gasteiger partial charge is 0.461 e. The molecule has 1 aliphatic carbocycles. The Morgan fingerprint density at radius 3 is 2.69 bits per heavy atom. The molecule has 2 aromatic heterocycles. The van der Waals surface area contributed by atoms with Gasteiger partial charge in [-0.25, -0.2) is 4.98 Å². The molecule has 9 heteroatoms. The lowest BCUT2D eigenvalue weighted by atomic mass is 10.1. The van der Waals surface area contributed by atoms with Gasteiger partial charge in [-0.2, -0.15) is 0 Å². The van der Waals surface area contributed by atoms with Crippen LogP contribution in [-0.4, -0.2) is 57.2 Å². The van der Waals surface area contributed by atoms with Gasteiger partial charge in [0.1, 0.15) is 18.0 Å². The zero-order valence-corrected chi connectivity index (χ0v) is 21.5. The maximum Gasteiger partial charge on any atom is 0.326 e. The molecule has 2 unspecified atom stereocenters. The number of methoxy groups -OCH3 is 1. The second kappa shape index (κ2) is 11.4. The predicted octanol–water partition coefficient (Wildman–Crippen LogP) is 2.68. The minimum absolute atomic E-state index is 0.00256. The Bertz CT molecular complexity index is 1250. The molecule has 0 aliphatic heterocycles. The molecule has 0 saturated heterocycles. The maximum atomic E-state index is 12.9. The molecule has 3 aromatic rings. The molecule has 0 amide bonds. The Labute approximate surface area is 211 Å². The van der Waals surface area contributed by atoms with E-state index in [0.717, 1.165) is 47.8 Å². The first kappa shape index (κ1) is 26.1. The van der Waals surface area contributed by atoms with E-state index in [-0.39, 0.29) is 30.3 Å². The van der Waals surface area contributed by atoms with E-state index in [4.69, 9.17) is 14.5 Å². The van der Waals surface area contributed by atoms with Crippen molar-refractivity contribution in [2.45, 2.75) is 70.9 Å². The van der Waals surface area contributed by atoms with Crippen LogP contribution in [0.3, 0.4) is 0 Å². The molecule has 9 nitrogen and oxygen atoms in total. The van der Waals surface area contributed by atoms with Crippen molar-refractivity contribution in [2.75, 3.05) is 13.7 Å². The molecule has 1 fully saturated rings. The number of nitrogens with one attached hydrogen (secondary N) is 1. The van der Waals surface area contributed by atoms with Gasteiger partial charge in [-0.3, -0.25) is 14.9 Å². The average molecular weight is 497 g/mol. The first-order chi connectivity index (χ1) is 17.3. The average Bonchev–Trinajstić information content (AvgIpc) is 3.50. The summed E-state index contributed by atoms with van der Waals surface area (Å²) < 4.78 is 14.7. The third-order valence-corrected chi connectivity index (χ3v) is 6.96. The second-order valence-corrected chi connectivity index (χ2v) is 9.60. The SMILES string of the molecule is COC(C)C(NCc1ccc2c(c1)nc(-c1cc(C)c(=O)n(C)c1)n2CCO)C(=O)OC1CCCC1. The predicted molar refractivity (Wildman–Crippen MR) is 138 cm³/mol. The van der Waals surface area contributed by atoms with Gasteiger partial charge in [-0.05, 0) is 63.3 Å². The number of hydrogen-bond acceptors (Lipinski definition) is 7. The number of rotatable bonds is 10. The van der Waals surface area contributed by atoms with Gasteiger partial charge in [0.15, 0.2) is 0 Å². The van der Waals surface area contributed by atoms with Crippen molar-refractivity contribution >= 4 is 17.0 Å². The van der Waals surface area contributed by atoms with E-state index in [1.54, 1.807) is 31.8 Å². The Morgan fingerprint density at radius 1 is 1.28 bits per heavy atom. The van der Waals surface area contributed by atoms with Crippen LogP contribution in [0.2, 0.25) is 0 Å². The number of carbonyl (C=O) groups is 1. The lowest BCUT2D eigenvalue weighted by Crippen LogP contribution is -2.47. The molecule has 194 valence electrons. The van der Waals surface area contributed by atoms with Crippen LogP contribution in [0.25, 0.3) is 22.4 Å². The lowest BCUT2D eigenvalue weighted by molar-refractivity contribution is -0.154. The molecule has 2 N–H and O–H groups in total. The molecule has 1 aromatic carbocycles. The fourth-order valence-electron chi connectivity index (χ4n) is 4.88. The highest BCUT2D eigenvalue weighted by atomic mass is 16.5. The van der Waals surface area contributed by atoms with Gasteiger partial charge in [-0.1, -0.05) is 6.07 Å².